The zero-order valence-corrected chi connectivity index (χ0v) is 15.1. The van der Waals surface area contributed by atoms with E-state index in [4.69, 9.17) is 5.21 Å². The normalized spacial score (nSPS) is 14.6. The second kappa shape index (κ2) is 9.18. The molecule has 2 aromatic rings. The summed E-state index contributed by atoms with van der Waals surface area (Å²) in [6.07, 6.45) is 2.94. The SMILES string of the molecule is O=C(/C=C/c1ccccc1N1CCN(c2ccc(OC(F)F)cc2)CC1)NO. The smallest absolute Gasteiger partial charge is 0.387 e. The van der Waals surface area contributed by atoms with Crippen molar-refractivity contribution in [2.45, 2.75) is 6.61 Å². The minimum Gasteiger partial charge on any atom is -0.435 e. The monoisotopic (exact) mass is 389 g/mol. The number of rotatable bonds is 6. The van der Waals surface area contributed by atoms with Gasteiger partial charge in [-0.05, 0) is 42.0 Å². The van der Waals surface area contributed by atoms with Crippen LogP contribution >= 0.6 is 0 Å². The van der Waals surface area contributed by atoms with Crippen LogP contribution in [-0.4, -0.2) is 43.9 Å². The number of benzene rings is 2. The van der Waals surface area contributed by atoms with Crippen LogP contribution in [0.25, 0.3) is 6.08 Å². The van der Waals surface area contributed by atoms with Crippen LogP contribution in [0.2, 0.25) is 0 Å². The number of hydrogen-bond donors (Lipinski definition) is 2. The van der Waals surface area contributed by atoms with Gasteiger partial charge in [0.15, 0.2) is 0 Å². The van der Waals surface area contributed by atoms with Gasteiger partial charge in [-0.15, -0.1) is 0 Å². The molecule has 0 atom stereocenters. The quantitative estimate of drug-likeness (QED) is 0.452. The number of piperazine rings is 1. The largest absolute Gasteiger partial charge is 0.435 e. The Labute approximate surface area is 161 Å². The van der Waals surface area contributed by atoms with Gasteiger partial charge < -0.3 is 14.5 Å². The molecule has 1 saturated heterocycles. The number of nitrogens with one attached hydrogen (secondary N) is 1. The van der Waals surface area contributed by atoms with Crippen LogP contribution < -0.4 is 20.0 Å². The van der Waals surface area contributed by atoms with Crippen LogP contribution in [0.3, 0.4) is 0 Å². The molecule has 0 spiro atoms. The van der Waals surface area contributed by atoms with Gasteiger partial charge >= 0.3 is 6.61 Å². The van der Waals surface area contributed by atoms with E-state index >= 15 is 0 Å². The molecular formula is C20H21F2N3O3. The molecule has 3 rings (SSSR count). The fourth-order valence-corrected chi connectivity index (χ4v) is 3.16. The Morgan fingerprint density at radius 1 is 1.04 bits per heavy atom. The maximum absolute atomic E-state index is 12.3. The van der Waals surface area contributed by atoms with Gasteiger partial charge in [-0.25, -0.2) is 5.48 Å². The van der Waals surface area contributed by atoms with Crippen LogP contribution in [0.4, 0.5) is 20.2 Å². The number of carbonyl (C=O) groups is 1. The molecule has 2 aromatic carbocycles. The molecule has 1 heterocycles. The van der Waals surface area contributed by atoms with Gasteiger partial charge in [0.25, 0.3) is 5.91 Å². The third-order valence-corrected chi connectivity index (χ3v) is 4.51. The molecule has 1 fully saturated rings. The summed E-state index contributed by atoms with van der Waals surface area (Å²) in [5.74, 6) is -0.441. The van der Waals surface area contributed by atoms with Crippen molar-refractivity contribution < 1.29 is 23.5 Å². The third kappa shape index (κ3) is 4.98. The fourth-order valence-electron chi connectivity index (χ4n) is 3.16. The molecular weight excluding hydrogens is 368 g/mol. The summed E-state index contributed by atoms with van der Waals surface area (Å²) >= 11 is 0. The Balaban J connectivity index is 1.64. The van der Waals surface area contributed by atoms with E-state index in [1.54, 1.807) is 35.8 Å². The van der Waals surface area contributed by atoms with Gasteiger partial charge in [0.05, 0.1) is 0 Å². The van der Waals surface area contributed by atoms with Gasteiger partial charge in [0, 0.05) is 43.6 Å². The molecule has 28 heavy (non-hydrogen) atoms. The lowest BCUT2D eigenvalue weighted by Crippen LogP contribution is -2.46. The van der Waals surface area contributed by atoms with Crippen molar-refractivity contribution in [3.05, 3.63) is 60.2 Å². The summed E-state index contributed by atoms with van der Waals surface area (Å²) in [7, 11) is 0. The summed E-state index contributed by atoms with van der Waals surface area (Å²) in [5, 5.41) is 8.62. The maximum Gasteiger partial charge on any atom is 0.387 e. The number of amides is 1. The zero-order valence-electron chi connectivity index (χ0n) is 15.1. The van der Waals surface area contributed by atoms with Crippen molar-refractivity contribution in [2.75, 3.05) is 36.0 Å². The molecule has 8 heteroatoms. The van der Waals surface area contributed by atoms with Crippen molar-refractivity contribution in [3.63, 3.8) is 0 Å². The maximum atomic E-state index is 12.3. The second-order valence-electron chi connectivity index (χ2n) is 6.21. The van der Waals surface area contributed by atoms with Crippen molar-refractivity contribution >= 4 is 23.4 Å². The van der Waals surface area contributed by atoms with Crippen molar-refractivity contribution in [1.29, 1.82) is 0 Å². The predicted octanol–water partition coefficient (Wildman–Crippen LogP) is 3.13. The van der Waals surface area contributed by atoms with Crippen LogP contribution in [0.15, 0.2) is 54.6 Å². The molecule has 1 aliphatic heterocycles. The van der Waals surface area contributed by atoms with Gasteiger partial charge in [0.2, 0.25) is 0 Å². The van der Waals surface area contributed by atoms with Crippen LogP contribution in [0, 0.1) is 0 Å². The van der Waals surface area contributed by atoms with Crippen molar-refractivity contribution in [1.82, 2.24) is 5.48 Å². The molecule has 148 valence electrons. The molecule has 0 saturated carbocycles. The first-order chi connectivity index (χ1) is 13.6. The lowest BCUT2D eigenvalue weighted by atomic mass is 10.1. The topological polar surface area (TPSA) is 65.0 Å². The van der Waals surface area contributed by atoms with Crippen LogP contribution in [0.1, 0.15) is 5.56 Å². The second-order valence-corrected chi connectivity index (χ2v) is 6.21. The van der Waals surface area contributed by atoms with E-state index in [-0.39, 0.29) is 5.75 Å². The van der Waals surface area contributed by atoms with E-state index in [0.29, 0.717) is 0 Å². The summed E-state index contributed by atoms with van der Waals surface area (Å²) in [6.45, 7) is 0.250. The minimum absolute atomic E-state index is 0.144. The number of hydrogen-bond acceptors (Lipinski definition) is 5. The van der Waals surface area contributed by atoms with E-state index < -0.39 is 12.5 Å². The first kappa shape index (κ1) is 19.6. The molecule has 0 aliphatic carbocycles. The summed E-state index contributed by atoms with van der Waals surface area (Å²) in [4.78, 5) is 15.6. The summed E-state index contributed by atoms with van der Waals surface area (Å²) in [6, 6.07) is 14.4. The Kier molecular flexibility index (Phi) is 6.44. The number of halogens is 2. The zero-order chi connectivity index (χ0) is 19.9. The third-order valence-electron chi connectivity index (χ3n) is 4.51. The number of para-hydroxylation sites is 1. The molecule has 0 unspecified atom stereocenters. The Hall–Kier alpha value is -3.13. The number of nitrogens with zero attached hydrogens (tertiary/aromatic N) is 2. The van der Waals surface area contributed by atoms with Gasteiger partial charge in [-0.2, -0.15) is 8.78 Å². The van der Waals surface area contributed by atoms with Crippen molar-refractivity contribution in [3.8, 4) is 5.75 Å². The molecule has 1 amide bonds. The van der Waals surface area contributed by atoms with E-state index in [1.165, 1.54) is 6.08 Å². The van der Waals surface area contributed by atoms with Gasteiger partial charge in [-0.3, -0.25) is 10.0 Å². The lowest BCUT2D eigenvalue weighted by Gasteiger charge is -2.38. The highest BCUT2D eigenvalue weighted by Gasteiger charge is 2.19. The number of carbonyl (C=O) groups excluding carboxylic acids is 1. The Bertz CT molecular complexity index is 820. The molecule has 6 nitrogen and oxygen atoms in total. The average Bonchev–Trinajstić information content (AvgIpc) is 2.72. The van der Waals surface area contributed by atoms with E-state index in [0.717, 1.165) is 43.1 Å². The first-order valence-electron chi connectivity index (χ1n) is 8.83. The van der Waals surface area contributed by atoms with Crippen molar-refractivity contribution in [2.24, 2.45) is 0 Å². The molecule has 0 bridgehead atoms. The Morgan fingerprint density at radius 2 is 1.68 bits per heavy atom. The number of ether oxygens (including phenoxy) is 1. The van der Waals surface area contributed by atoms with E-state index in [9.17, 15) is 13.6 Å². The van der Waals surface area contributed by atoms with E-state index in [1.807, 2.05) is 24.3 Å². The van der Waals surface area contributed by atoms with Gasteiger partial charge in [0.1, 0.15) is 5.75 Å². The highest BCUT2D eigenvalue weighted by atomic mass is 19.3. The van der Waals surface area contributed by atoms with E-state index in [2.05, 4.69) is 14.5 Å². The fraction of sp³-hybridized carbons (Fsp3) is 0.250. The molecule has 2 N–H and O–H groups in total. The van der Waals surface area contributed by atoms with Crippen LogP contribution in [-0.2, 0) is 4.79 Å². The standard InChI is InChI=1S/C20H21F2N3O3/c21-20(22)28-17-8-6-16(7-9-17)24-11-13-25(14-12-24)18-4-2-1-3-15(18)5-10-19(26)23-27/h1-10,20,27H,11-14H2,(H,23,26)/b10-5+. The minimum atomic E-state index is -2.83. The summed E-state index contributed by atoms with van der Waals surface area (Å²) in [5.41, 5.74) is 4.42. The van der Waals surface area contributed by atoms with Gasteiger partial charge in [-0.1, -0.05) is 18.2 Å². The predicted molar refractivity (Wildman–Crippen MR) is 103 cm³/mol. The number of alkyl halides is 2. The highest BCUT2D eigenvalue weighted by molar-refractivity contribution is 5.91. The number of hydroxylamine groups is 1. The highest BCUT2D eigenvalue weighted by Crippen LogP contribution is 2.26. The van der Waals surface area contributed by atoms with Crippen LogP contribution in [0.5, 0.6) is 5.75 Å². The first-order valence-corrected chi connectivity index (χ1v) is 8.83. The summed E-state index contributed by atoms with van der Waals surface area (Å²) < 4.78 is 28.9. The lowest BCUT2D eigenvalue weighted by molar-refractivity contribution is -0.124. The average molecular weight is 389 g/mol. The molecule has 0 radical (unpaired) electrons. The molecule has 1 aliphatic rings. The Morgan fingerprint density at radius 3 is 2.32 bits per heavy atom. The molecule has 0 aromatic heterocycles. The number of anilines is 2.